The van der Waals surface area contributed by atoms with Gasteiger partial charge in [0.15, 0.2) is 0 Å². The van der Waals surface area contributed by atoms with Gasteiger partial charge in [-0.1, -0.05) is 25.7 Å². The molecule has 2 aliphatic heterocycles. The number of ether oxygens (including phenoxy) is 2. The molecule has 1 aromatic heterocycles. The molecule has 0 bridgehead atoms. The number of anilines is 2. The largest absolute Gasteiger partial charge is 0.381 e. The van der Waals surface area contributed by atoms with E-state index in [2.05, 4.69) is 26.3 Å². The highest BCUT2D eigenvalue weighted by Gasteiger charge is 2.37. The molecule has 3 heterocycles. The zero-order valence-electron chi connectivity index (χ0n) is 16.3. The van der Waals surface area contributed by atoms with E-state index in [1.807, 2.05) is 0 Å². The van der Waals surface area contributed by atoms with Gasteiger partial charge < -0.3 is 20.5 Å². The van der Waals surface area contributed by atoms with Crippen molar-refractivity contribution in [2.24, 2.45) is 0 Å². The van der Waals surface area contributed by atoms with Gasteiger partial charge in [-0.05, 0) is 19.3 Å². The Balaban J connectivity index is 1.50. The van der Waals surface area contributed by atoms with Crippen LogP contribution in [0.15, 0.2) is 6.07 Å². The number of nitrogen functional groups attached to an aromatic ring is 1. The summed E-state index contributed by atoms with van der Waals surface area (Å²) in [5, 5.41) is 3.63. The molecular formula is C20H33N5O2. The minimum atomic E-state index is 0.191. The number of aromatic nitrogens is 2. The van der Waals surface area contributed by atoms with Crippen molar-refractivity contribution in [3.8, 4) is 0 Å². The van der Waals surface area contributed by atoms with Crippen molar-refractivity contribution >= 4 is 11.8 Å². The maximum Gasteiger partial charge on any atom is 0.222 e. The van der Waals surface area contributed by atoms with Crippen molar-refractivity contribution < 1.29 is 9.47 Å². The summed E-state index contributed by atoms with van der Waals surface area (Å²) in [6.07, 6.45) is 8.78. The van der Waals surface area contributed by atoms with Gasteiger partial charge in [0, 0.05) is 43.8 Å². The lowest BCUT2D eigenvalue weighted by atomic mass is 9.87. The monoisotopic (exact) mass is 375 g/mol. The molecule has 1 atom stereocenters. The van der Waals surface area contributed by atoms with Crippen LogP contribution in [0.25, 0.3) is 0 Å². The third-order valence-corrected chi connectivity index (χ3v) is 6.43. The minimum absolute atomic E-state index is 0.191. The van der Waals surface area contributed by atoms with Crippen molar-refractivity contribution in [1.82, 2.24) is 14.9 Å². The second-order valence-electron chi connectivity index (χ2n) is 8.19. The molecule has 7 nitrogen and oxygen atoms in total. The molecule has 0 amide bonds. The normalized spacial score (nSPS) is 26.6. The fourth-order valence-corrected chi connectivity index (χ4v) is 4.84. The summed E-state index contributed by atoms with van der Waals surface area (Å²) >= 11 is 0. The van der Waals surface area contributed by atoms with Crippen LogP contribution in [0.5, 0.6) is 0 Å². The molecule has 1 saturated carbocycles. The fraction of sp³-hybridized carbons (Fsp3) is 0.800. The number of nitrogens with zero attached hydrogens (tertiary/aromatic N) is 3. The molecular weight excluding hydrogens is 342 g/mol. The summed E-state index contributed by atoms with van der Waals surface area (Å²) in [6, 6.07) is 2.07. The lowest BCUT2D eigenvalue weighted by Gasteiger charge is -2.46. The van der Waals surface area contributed by atoms with Gasteiger partial charge in [0.25, 0.3) is 0 Å². The summed E-state index contributed by atoms with van der Waals surface area (Å²) < 4.78 is 11.1. The molecule has 3 aliphatic rings. The SMILES string of the molecule is Nc1nc(NCC2(N3CCOCC3)CCCCCC2)cc([C@@H]2CCOC2)n1. The Kier molecular flexibility index (Phi) is 6.10. The maximum atomic E-state index is 6.01. The van der Waals surface area contributed by atoms with E-state index >= 15 is 0 Å². The van der Waals surface area contributed by atoms with E-state index in [1.54, 1.807) is 0 Å². The Morgan fingerprint density at radius 3 is 2.56 bits per heavy atom. The summed E-state index contributed by atoms with van der Waals surface area (Å²) in [5.41, 5.74) is 7.20. The molecule has 1 aromatic rings. The van der Waals surface area contributed by atoms with Crippen molar-refractivity contribution in [1.29, 1.82) is 0 Å². The molecule has 150 valence electrons. The van der Waals surface area contributed by atoms with Crippen molar-refractivity contribution in [2.75, 3.05) is 57.1 Å². The first-order chi connectivity index (χ1) is 13.3. The quantitative estimate of drug-likeness (QED) is 0.764. The third kappa shape index (κ3) is 4.52. The van der Waals surface area contributed by atoms with Crippen LogP contribution in [0.4, 0.5) is 11.8 Å². The van der Waals surface area contributed by atoms with E-state index in [0.29, 0.717) is 11.9 Å². The molecule has 27 heavy (non-hydrogen) atoms. The summed E-state index contributed by atoms with van der Waals surface area (Å²) in [4.78, 5) is 11.6. The van der Waals surface area contributed by atoms with E-state index in [4.69, 9.17) is 15.2 Å². The number of hydrogen-bond donors (Lipinski definition) is 2. The molecule has 0 radical (unpaired) electrons. The van der Waals surface area contributed by atoms with Crippen LogP contribution in [-0.4, -0.2) is 66.5 Å². The number of hydrogen-bond acceptors (Lipinski definition) is 7. The molecule has 4 rings (SSSR count). The van der Waals surface area contributed by atoms with Gasteiger partial charge in [0.1, 0.15) is 5.82 Å². The Morgan fingerprint density at radius 1 is 1.07 bits per heavy atom. The average Bonchev–Trinajstić information content (AvgIpc) is 3.13. The topological polar surface area (TPSA) is 85.5 Å². The van der Waals surface area contributed by atoms with Gasteiger partial charge in [-0.2, -0.15) is 4.98 Å². The highest BCUT2D eigenvalue weighted by molar-refractivity contribution is 5.42. The number of rotatable bonds is 5. The first kappa shape index (κ1) is 18.9. The fourth-order valence-electron chi connectivity index (χ4n) is 4.84. The Bertz CT molecular complexity index is 606. The minimum Gasteiger partial charge on any atom is -0.381 e. The maximum absolute atomic E-state index is 6.01. The zero-order chi connectivity index (χ0) is 18.5. The van der Waals surface area contributed by atoms with Gasteiger partial charge >= 0.3 is 0 Å². The first-order valence-corrected chi connectivity index (χ1v) is 10.5. The van der Waals surface area contributed by atoms with Gasteiger partial charge in [0.2, 0.25) is 5.95 Å². The van der Waals surface area contributed by atoms with E-state index in [-0.39, 0.29) is 5.54 Å². The highest BCUT2D eigenvalue weighted by Crippen LogP contribution is 2.34. The standard InChI is InChI=1S/C20H33N5O2/c21-19-23-17(16-5-10-27-14-16)13-18(24-19)22-15-20(6-3-1-2-4-7-20)25-8-11-26-12-9-25/h13,16H,1-12,14-15H2,(H3,21,22,23,24)/t16-/m1/s1. The van der Waals surface area contributed by atoms with E-state index in [0.717, 1.165) is 64.0 Å². The van der Waals surface area contributed by atoms with Crippen LogP contribution in [-0.2, 0) is 9.47 Å². The molecule has 7 heteroatoms. The van der Waals surface area contributed by atoms with Crippen LogP contribution in [0.2, 0.25) is 0 Å². The molecule has 0 unspecified atom stereocenters. The molecule has 0 aromatic carbocycles. The summed E-state index contributed by atoms with van der Waals surface area (Å²) in [5.74, 6) is 1.53. The molecule has 3 fully saturated rings. The summed E-state index contributed by atoms with van der Waals surface area (Å²) in [6.45, 7) is 6.17. The molecule has 0 spiro atoms. The number of morpholine rings is 1. The van der Waals surface area contributed by atoms with Gasteiger partial charge in [0.05, 0.1) is 25.5 Å². The van der Waals surface area contributed by atoms with Crippen LogP contribution in [0, 0.1) is 0 Å². The van der Waals surface area contributed by atoms with Crippen molar-refractivity contribution in [3.05, 3.63) is 11.8 Å². The molecule has 1 aliphatic carbocycles. The smallest absolute Gasteiger partial charge is 0.222 e. The van der Waals surface area contributed by atoms with Crippen LogP contribution in [0.3, 0.4) is 0 Å². The highest BCUT2D eigenvalue weighted by atomic mass is 16.5. The second kappa shape index (κ2) is 8.71. The lowest BCUT2D eigenvalue weighted by molar-refractivity contribution is -0.0240. The van der Waals surface area contributed by atoms with E-state index in [9.17, 15) is 0 Å². The van der Waals surface area contributed by atoms with Gasteiger partial charge in [-0.3, -0.25) is 4.90 Å². The third-order valence-electron chi connectivity index (χ3n) is 6.43. The molecule has 3 N–H and O–H groups in total. The number of nitrogens with one attached hydrogen (secondary N) is 1. The lowest BCUT2D eigenvalue weighted by Crippen LogP contribution is -2.57. The molecule has 2 saturated heterocycles. The van der Waals surface area contributed by atoms with E-state index < -0.39 is 0 Å². The predicted octanol–water partition coefficient (Wildman–Crippen LogP) is 2.40. The Hall–Kier alpha value is -1.44. The van der Waals surface area contributed by atoms with Gasteiger partial charge in [-0.25, -0.2) is 4.98 Å². The second-order valence-corrected chi connectivity index (χ2v) is 8.19. The summed E-state index contributed by atoms with van der Waals surface area (Å²) in [7, 11) is 0. The van der Waals surface area contributed by atoms with Crippen molar-refractivity contribution in [3.63, 3.8) is 0 Å². The Morgan fingerprint density at radius 2 is 1.85 bits per heavy atom. The first-order valence-electron chi connectivity index (χ1n) is 10.5. The average molecular weight is 376 g/mol. The van der Waals surface area contributed by atoms with E-state index in [1.165, 1.54) is 38.5 Å². The predicted molar refractivity (Wildman–Crippen MR) is 106 cm³/mol. The van der Waals surface area contributed by atoms with Crippen molar-refractivity contribution in [2.45, 2.75) is 56.4 Å². The van der Waals surface area contributed by atoms with Crippen LogP contribution in [0.1, 0.15) is 56.6 Å². The van der Waals surface area contributed by atoms with Gasteiger partial charge in [-0.15, -0.1) is 0 Å². The zero-order valence-corrected chi connectivity index (χ0v) is 16.3. The number of nitrogens with two attached hydrogens (primary N) is 1. The van der Waals surface area contributed by atoms with Crippen LogP contribution < -0.4 is 11.1 Å². The Labute approximate surface area is 162 Å². The van der Waals surface area contributed by atoms with Crippen LogP contribution >= 0.6 is 0 Å².